The minimum Gasteiger partial charge on any atom is -0.328 e. The van der Waals surface area contributed by atoms with Crippen LogP contribution in [0.4, 0.5) is 0 Å². The fourth-order valence-electron chi connectivity index (χ4n) is 0.727. The second-order valence-corrected chi connectivity index (χ2v) is 2.65. The molecule has 0 saturated heterocycles. The van der Waals surface area contributed by atoms with Gasteiger partial charge in [0.05, 0.1) is 7.11 Å². The lowest BCUT2D eigenvalue weighted by Gasteiger charge is -2.13. The van der Waals surface area contributed by atoms with E-state index in [1.54, 1.807) is 7.11 Å². The van der Waals surface area contributed by atoms with Crippen molar-refractivity contribution in [3.8, 4) is 0 Å². The zero-order valence-corrected chi connectivity index (χ0v) is 7.13. The van der Waals surface area contributed by atoms with Crippen LogP contribution in [0.1, 0.15) is 19.8 Å². The zero-order chi connectivity index (χ0) is 7.98. The van der Waals surface area contributed by atoms with Crippen LogP contribution in [-0.4, -0.2) is 31.8 Å². The van der Waals surface area contributed by atoms with Crippen molar-refractivity contribution in [3.63, 3.8) is 0 Å². The molecule has 0 aliphatic heterocycles. The van der Waals surface area contributed by atoms with Crippen molar-refractivity contribution >= 4 is 0 Å². The van der Waals surface area contributed by atoms with Gasteiger partial charge < -0.3 is 10.6 Å². The van der Waals surface area contributed by atoms with Crippen molar-refractivity contribution in [3.05, 3.63) is 0 Å². The topological polar surface area (TPSA) is 38.5 Å². The Kier molecular flexibility index (Phi) is 5.58. The van der Waals surface area contributed by atoms with Gasteiger partial charge in [0, 0.05) is 19.6 Å². The van der Waals surface area contributed by atoms with Crippen LogP contribution < -0.4 is 5.73 Å². The summed E-state index contributed by atoms with van der Waals surface area (Å²) in [4.78, 5) is 4.92. The van der Waals surface area contributed by atoms with E-state index in [-0.39, 0.29) is 0 Å². The molecule has 0 heterocycles. The summed E-state index contributed by atoms with van der Waals surface area (Å²) in [5.74, 6) is 0. The van der Waals surface area contributed by atoms with Crippen LogP contribution in [0.3, 0.4) is 0 Å². The first kappa shape index (κ1) is 9.88. The molecule has 2 N–H and O–H groups in total. The number of hydrogen-bond acceptors (Lipinski definition) is 3. The molecule has 3 heteroatoms. The van der Waals surface area contributed by atoms with Crippen molar-refractivity contribution in [2.24, 2.45) is 5.73 Å². The van der Waals surface area contributed by atoms with Crippen molar-refractivity contribution in [1.82, 2.24) is 5.06 Å². The Morgan fingerprint density at radius 3 is 2.60 bits per heavy atom. The lowest BCUT2D eigenvalue weighted by Crippen LogP contribution is -2.21. The molecule has 0 aromatic heterocycles. The molecule has 1 unspecified atom stereocenters. The number of nitrogens with zero attached hydrogens (tertiary/aromatic N) is 1. The quantitative estimate of drug-likeness (QED) is 0.577. The van der Waals surface area contributed by atoms with Crippen LogP contribution in [-0.2, 0) is 4.84 Å². The highest BCUT2D eigenvalue weighted by molar-refractivity contribution is 4.53. The molecule has 0 radical (unpaired) electrons. The molecule has 1 atom stereocenters. The van der Waals surface area contributed by atoms with E-state index in [4.69, 9.17) is 10.6 Å². The molecule has 3 nitrogen and oxygen atoms in total. The summed E-state index contributed by atoms with van der Waals surface area (Å²) in [5, 5.41) is 1.81. The van der Waals surface area contributed by atoms with Gasteiger partial charge in [-0.2, -0.15) is 5.06 Å². The van der Waals surface area contributed by atoms with Gasteiger partial charge in [-0.25, -0.2) is 0 Å². The first-order chi connectivity index (χ1) is 4.66. The Morgan fingerprint density at radius 2 is 2.20 bits per heavy atom. The fourth-order valence-corrected chi connectivity index (χ4v) is 0.727. The maximum Gasteiger partial charge on any atom is 0.0575 e. The third-order valence-electron chi connectivity index (χ3n) is 1.44. The maximum atomic E-state index is 5.56. The van der Waals surface area contributed by atoms with Crippen LogP contribution in [0.2, 0.25) is 0 Å². The van der Waals surface area contributed by atoms with Crippen molar-refractivity contribution in [1.29, 1.82) is 0 Å². The van der Waals surface area contributed by atoms with E-state index in [2.05, 4.69) is 0 Å². The Morgan fingerprint density at radius 1 is 1.60 bits per heavy atom. The lowest BCUT2D eigenvalue weighted by atomic mass is 10.2. The molecule has 0 saturated carbocycles. The van der Waals surface area contributed by atoms with Crippen LogP contribution in [0.15, 0.2) is 0 Å². The van der Waals surface area contributed by atoms with E-state index in [0.29, 0.717) is 6.04 Å². The summed E-state index contributed by atoms with van der Waals surface area (Å²) >= 11 is 0. The second-order valence-electron chi connectivity index (χ2n) is 2.65. The summed E-state index contributed by atoms with van der Waals surface area (Å²) in [7, 11) is 3.59. The minimum atomic E-state index is 0.310. The molecule has 0 rings (SSSR count). The first-order valence-corrected chi connectivity index (χ1v) is 3.67. The van der Waals surface area contributed by atoms with Gasteiger partial charge in [0.25, 0.3) is 0 Å². The summed E-state index contributed by atoms with van der Waals surface area (Å²) in [5.41, 5.74) is 5.56. The summed E-state index contributed by atoms with van der Waals surface area (Å²) in [6.45, 7) is 2.98. The van der Waals surface area contributed by atoms with E-state index in [1.165, 1.54) is 0 Å². The second kappa shape index (κ2) is 5.65. The van der Waals surface area contributed by atoms with E-state index >= 15 is 0 Å². The highest BCUT2D eigenvalue weighted by Gasteiger charge is 1.96. The molecule has 0 aromatic rings. The van der Waals surface area contributed by atoms with Gasteiger partial charge in [0.15, 0.2) is 0 Å². The predicted molar refractivity (Wildman–Crippen MR) is 42.5 cm³/mol. The number of hydrogen-bond donors (Lipinski definition) is 1. The highest BCUT2D eigenvalue weighted by Crippen LogP contribution is 1.94. The Bertz CT molecular complexity index is 76.0. The third-order valence-corrected chi connectivity index (χ3v) is 1.44. The van der Waals surface area contributed by atoms with Gasteiger partial charge in [0.1, 0.15) is 0 Å². The normalized spacial score (nSPS) is 14.1. The number of rotatable bonds is 5. The average Bonchev–Trinajstić information content (AvgIpc) is 1.87. The maximum absolute atomic E-state index is 5.56. The Labute approximate surface area is 63.1 Å². The van der Waals surface area contributed by atoms with Gasteiger partial charge in [0.2, 0.25) is 0 Å². The largest absolute Gasteiger partial charge is 0.328 e. The van der Waals surface area contributed by atoms with Gasteiger partial charge in [-0.15, -0.1) is 0 Å². The first-order valence-electron chi connectivity index (χ1n) is 3.67. The van der Waals surface area contributed by atoms with E-state index in [0.717, 1.165) is 19.4 Å². The van der Waals surface area contributed by atoms with E-state index < -0.39 is 0 Å². The molecule has 0 fully saturated rings. The zero-order valence-electron chi connectivity index (χ0n) is 7.13. The van der Waals surface area contributed by atoms with Gasteiger partial charge in [-0.1, -0.05) is 0 Å². The summed E-state index contributed by atoms with van der Waals surface area (Å²) in [6.07, 6.45) is 2.16. The number of nitrogens with two attached hydrogens (primary N) is 1. The molecular weight excluding hydrogens is 128 g/mol. The molecule has 0 aromatic carbocycles. The van der Waals surface area contributed by atoms with Crippen molar-refractivity contribution in [2.45, 2.75) is 25.8 Å². The SMILES string of the molecule is CON(C)CCCC(C)N. The molecule has 0 amide bonds. The highest BCUT2D eigenvalue weighted by atomic mass is 16.7. The van der Waals surface area contributed by atoms with Crippen molar-refractivity contribution < 1.29 is 4.84 Å². The van der Waals surface area contributed by atoms with Crippen LogP contribution in [0.25, 0.3) is 0 Å². The molecule has 62 valence electrons. The van der Waals surface area contributed by atoms with E-state index in [9.17, 15) is 0 Å². The summed E-state index contributed by atoms with van der Waals surface area (Å²) in [6, 6.07) is 0.310. The average molecular weight is 146 g/mol. The summed E-state index contributed by atoms with van der Waals surface area (Å²) < 4.78 is 0. The Hall–Kier alpha value is -0.120. The molecule has 0 aliphatic rings. The monoisotopic (exact) mass is 146 g/mol. The Balaban J connectivity index is 3.03. The third kappa shape index (κ3) is 6.01. The standard InChI is InChI=1S/C7H18N2O/c1-7(8)5-4-6-9(2)10-3/h7H,4-6,8H2,1-3H3. The fraction of sp³-hybridized carbons (Fsp3) is 1.00. The molecule has 10 heavy (non-hydrogen) atoms. The van der Waals surface area contributed by atoms with Crippen LogP contribution in [0.5, 0.6) is 0 Å². The van der Waals surface area contributed by atoms with Crippen LogP contribution >= 0.6 is 0 Å². The smallest absolute Gasteiger partial charge is 0.0575 e. The molecule has 0 spiro atoms. The van der Waals surface area contributed by atoms with Gasteiger partial charge in [-0.3, -0.25) is 0 Å². The number of hydroxylamine groups is 2. The van der Waals surface area contributed by atoms with Crippen LogP contribution in [0, 0.1) is 0 Å². The molecule has 0 aliphatic carbocycles. The minimum absolute atomic E-state index is 0.310. The van der Waals surface area contributed by atoms with E-state index in [1.807, 2.05) is 19.0 Å². The van der Waals surface area contributed by atoms with Gasteiger partial charge in [-0.05, 0) is 19.8 Å². The lowest BCUT2D eigenvalue weighted by molar-refractivity contribution is -0.109. The molecule has 0 bridgehead atoms. The van der Waals surface area contributed by atoms with Gasteiger partial charge >= 0.3 is 0 Å². The molecular formula is C7H18N2O. The predicted octanol–water partition coefficient (Wildman–Crippen LogP) is 0.607. The van der Waals surface area contributed by atoms with Crippen molar-refractivity contribution in [2.75, 3.05) is 20.7 Å².